The molecule has 0 aliphatic carbocycles. The summed E-state index contributed by atoms with van der Waals surface area (Å²) in [6.45, 7) is 2.15. The van der Waals surface area contributed by atoms with Gasteiger partial charge >= 0.3 is 0 Å². The molecule has 0 unspecified atom stereocenters. The van der Waals surface area contributed by atoms with Crippen molar-refractivity contribution in [3.63, 3.8) is 0 Å². The quantitative estimate of drug-likeness (QED) is 0.761. The Kier molecular flexibility index (Phi) is 6.91. The number of anilines is 1. The first-order chi connectivity index (χ1) is 12.4. The molecule has 6 nitrogen and oxygen atoms in total. The van der Waals surface area contributed by atoms with E-state index in [9.17, 15) is 14.4 Å². The number of rotatable bonds is 8. The molecule has 0 bridgehead atoms. The van der Waals surface area contributed by atoms with E-state index in [0.29, 0.717) is 12.2 Å². The van der Waals surface area contributed by atoms with Crippen LogP contribution in [-0.2, 0) is 27.3 Å². The molecule has 26 heavy (non-hydrogen) atoms. The van der Waals surface area contributed by atoms with Gasteiger partial charge in [0.25, 0.3) is 0 Å². The van der Waals surface area contributed by atoms with Crippen molar-refractivity contribution in [2.75, 3.05) is 11.9 Å². The highest BCUT2D eigenvalue weighted by Crippen LogP contribution is 2.13. The van der Waals surface area contributed by atoms with Crippen LogP contribution >= 0.6 is 0 Å². The minimum absolute atomic E-state index is 0.0811. The smallest absolute Gasteiger partial charge is 0.227 e. The average Bonchev–Trinajstić information content (AvgIpc) is 2.60. The van der Waals surface area contributed by atoms with Crippen LogP contribution in [0.1, 0.15) is 24.5 Å². The van der Waals surface area contributed by atoms with E-state index in [1.807, 2.05) is 30.3 Å². The molecule has 0 aliphatic heterocycles. The predicted octanol–water partition coefficient (Wildman–Crippen LogP) is 2.09. The van der Waals surface area contributed by atoms with Gasteiger partial charge in [-0.1, -0.05) is 42.5 Å². The molecule has 0 fully saturated rings. The summed E-state index contributed by atoms with van der Waals surface area (Å²) in [5.74, 6) is -0.660. The highest BCUT2D eigenvalue weighted by Gasteiger charge is 2.15. The van der Waals surface area contributed by atoms with E-state index >= 15 is 0 Å². The van der Waals surface area contributed by atoms with E-state index in [1.54, 1.807) is 29.2 Å². The Morgan fingerprint density at radius 2 is 1.62 bits per heavy atom. The molecule has 2 rings (SSSR count). The molecule has 3 N–H and O–H groups in total. The number of nitrogens with two attached hydrogens (primary N) is 1. The SMILES string of the molecule is CC(=O)Nc1ccc(CC(=O)N(CCC(N)=O)Cc2ccccc2)cc1. The summed E-state index contributed by atoms with van der Waals surface area (Å²) < 4.78 is 0. The second-order valence-corrected chi connectivity index (χ2v) is 6.07. The van der Waals surface area contributed by atoms with Crippen molar-refractivity contribution < 1.29 is 14.4 Å². The molecule has 0 saturated carbocycles. The maximum absolute atomic E-state index is 12.7. The molecular formula is C20H23N3O3. The third-order valence-electron chi connectivity index (χ3n) is 3.83. The molecule has 0 aliphatic rings. The van der Waals surface area contributed by atoms with Crippen molar-refractivity contribution in [3.8, 4) is 0 Å². The first-order valence-corrected chi connectivity index (χ1v) is 8.40. The normalized spacial score (nSPS) is 10.2. The minimum Gasteiger partial charge on any atom is -0.370 e. The number of carbonyl (C=O) groups excluding carboxylic acids is 3. The second-order valence-electron chi connectivity index (χ2n) is 6.07. The molecule has 2 aromatic carbocycles. The Labute approximate surface area is 153 Å². The second kappa shape index (κ2) is 9.36. The van der Waals surface area contributed by atoms with Gasteiger partial charge in [0.05, 0.1) is 6.42 Å². The van der Waals surface area contributed by atoms with E-state index in [1.165, 1.54) is 6.92 Å². The van der Waals surface area contributed by atoms with Crippen molar-refractivity contribution in [1.82, 2.24) is 4.90 Å². The van der Waals surface area contributed by atoms with Crippen molar-refractivity contribution in [2.45, 2.75) is 26.3 Å². The van der Waals surface area contributed by atoms with Crippen molar-refractivity contribution in [2.24, 2.45) is 5.73 Å². The Hall–Kier alpha value is -3.15. The number of amides is 3. The monoisotopic (exact) mass is 353 g/mol. The number of hydrogen-bond acceptors (Lipinski definition) is 3. The van der Waals surface area contributed by atoms with Gasteiger partial charge in [0.1, 0.15) is 0 Å². The Morgan fingerprint density at radius 1 is 0.962 bits per heavy atom. The largest absolute Gasteiger partial charge is 0.370 e. The van der Waals surface area contributed by atoms with Crippen LogP contribution in [0.2, 0.25) is 0 Å². The molecule has 0 spiro atoms. The standard InChI is InChI=1S/C20H23N3O3/c1-15(24)22-18-9-7-16(8-10-18)13-20(26)23(12-11-19(21)25)14-17-5-3-2-4-6-17/h2-10H,11-14H2,1H3,(H2,21,25)(H,22,24). The van der Waals surface area contributed by atoms with E-state index in [0.717, 1.165) is 11.1 Å². The van der Waals surface area contributed by atoms with Crippen LogP contribution in [0.3, 0.4) is 0 Å². The molecule has 3 amide bonds. The zero-order valence-electron chi connectivity index (χ0n) is 14.8. The summed E-state index contributed by atoms with van der Waals surface area (Å²) in [4.78, 5) is 36.5. The lowest BCUT2D eigenvalue weighted by Crippen LogP contribution is -2.34. The molecule has 6 heteroatoms. The fourth-order valence-corrected chi connectivity index (χ4v) is 2.54. The summed E-state index contributed by atoms with van der Waals surface area (Å²) in [6, 6.07) is 16.7. The lowest BCUT2D eigenvalue weighted by molar-refractivity contribution is -0.131. The van der Waals surface area contributed by atoms with Crippen molar-refractivity contribution in [1.29, 1.82) is 0 Å². The zero-order chi connectivity index (χ0) is 18.9. The number of primary amides is 1. The minimum atomic E-state index is -0.435. The van der Waals surface area contributed by atoms with Gasteiger partial charge in [0.2, 0.25) is 17.7 Å². The fourth-order valence-electron chi connectivity index (χ4n) is 2.54. The van der Waals surface area contributed by atoms with Gasteiger partial charge in [-0.15, -0.1) is 0 Å². The van der Waals surface area contributed by atoms with Crippen molar-refractivity contribution >= 4 is 23.4 Å². The van der Waals surface area contributed by atoms with Crippen LogP contribution in [-0.4, -0.2) is 29.2 Å². The summed E-state index contributed by atoms with van der Waals surface area (Å²) in [6.07, 6.45) is 0.339. The Balaban J connectivity index is 2.04. The number of benzene rings is 2. The van der Waals surface area contributed by atoms with Gasteiger partial charge < -0.3 is 16.0 Å². The van der Waals surface area contributed by atoms with Crippen LogP contribution in [0.15, 0.2) is 54.6 Å². The first kappa shape index (κ1) is 19.2. The third-order valence-corrected chi connectivity index (χ3v) is 3.83. The highest BCUT2D eigenvalue weighted by molar-refractivity contribution is 5.88. The molecule has 0 aromatic heterocycles. The van der Waals surface area contributed by atoms with Gasteiger partial charge in [-0.3, -0.25) is 14.4 Å². The molecule has 0 radical (unpaired) electrons. The van der Waals surface area contributed by atoms with E-state index in [4.69, 9.17) is 5.73 Å². The van der Waals surface area contributed by atoms with Gasteiger partial charge in [-0.2, -0.15) is 0 Å². The van der Waals surface area contributed by atoms with Crippen LogP contribution in [0.4, 0.5) is 5.69 Å². The average molecular weight is 353 g/mol. The fraction of sp³-hybridized carbons (Fsp3) is 0.250. The van der Waals surface area contributed by atoms with Gasteiger partial charge in [-0.25, -0.2) is 0 Å². The highest BCUT2D eigenvalue weighted by atomic mass is 16.2. The summed E-state index contributed by atoms with van der Waals surface area (Å²) in [7, 11) is 0. The maximum Gasteiger partial charge on any atom is 0.227 e. The van der Waals surface area contributed by atoms with Crippen LogP contribution < -0.4 is 11.1 Å². The molecular weight excluding hydrogens is 330 g/mol. The van der Waals surface area contributed by atoms with Crippen LogP contribution in [0.5, 0.6) is 0 Å². The summed E-state index contributed by atoms with van der Waals surface area (Å²) >= 11 is 0. The summed E-state index contributed by atoms with van der Waals surface area (Å²) in [5.41, 5.74) is 7.74. The Morgan fingerprint density at radius 3 is 2.19 bits per heavy atom. The molecule has 0 atom stereocenters. The first-order valence-electron chi connectivity index (χ1n) is 8.40. The Bertz CT molecular complexity index is 758. The van der Waals surface area contributed by atoms with Crippen LogP contribution in [0, 0.1) is 0 Å². The van der Waals surface area contributed by atoms with Gasteiger partial charge in [-0.05, 0) is 23.3 Å². The van der Waals surface area contributed by atoms with E-state index in [2.05, 4.69) is 5.32 Å². The number of nitrogens with one attached hydrogen (secondary N) is 1. The third kappa shape index (κ3) is 6.39. The van der Waals surface area contributed by atoms with E-state index in [-0.39, 0.29) is 31.2 Å². The van der Waals surface area contributed by atoms with Gasteiger partial charge in [0, 0.05) is 32.1 Å². The lowest BCUT2D eigenvalue weighted by atomic mass is 10.1. The van der Waals surface area contributed by atoms with Gasteiger partial charge in [0.15, 0.2) is 0 Å². The number of carbonyl (C=O) groups is 3. The molecule has 2 aromatic rings. The predicted molar refractivity (Wildman–Crippen MR) is 100 cm³/mol. The van der Waals surface area contributed by atoms with Crippen LogP contribution in [0.25, 0.3) is 0 Å². The molecule has 0 saturated heterocycles. The molecule has 0 heterocycles. The number of nitrogens with zero attached hydrogens (tertiary/aromatic N) is 1. The van der Waals surface area contributed by atoms with E-state index < -0.39 is 5.91 Å². The summed E-state index contributed by atoms with van der Waals surface area (Å²) in [5, 5.41) is 2.69. The maximum atomic E-state index is 12.7. The molecule has 136 valence electrons. The lowest BCUT2D eigenvalue weighted by Gasteiger charge is -2.22. The topological polar surface area (TPSA) is 92.5 Å². The van der Waals surface area contributed by atoms with Crippen molar-refractivity contribution in [3.05, 3.63) is 65.7 Å². The number of hydrogen-bond donors (Lipinski definition) is 2. The zero-order valence-corrected chi connectivity index (χ0v) is 14.8.